The van der Waals surface area contributed by atoms with E-state index in [1.807, 2.05) is 6.07 Å². The predicted octanol–water partition coefficient (Wildman–Crippen LogP) is 3.67. The van der Waals surface area contributed by atoms with Gasteiger partial charge in [0.1, 0.15) is 0 Å². The van der Waals surface area contributed by atoms with Crippen LogP contribution >= 0.6 is 22.9 Å². The van der Waals surface area contributed by atoms with E-state index in [4.69, 9.17) is 11.6 Å². The second-order valence-electron chi connectivity index (χ2n) is 5.60. The summed E-state index contributed by atoms with van der Waals surface area (Å²) in [6.45, 7) is 4.19. The van der Waals surface area contributed by atoms with Gasteiger partial charge in [0.05, 0.1) is 15.1 Å². The molecule has 1 atom stereocenters. The number of fused-ring (bicyclic) bond motifs is 1. The molecule has 24 heavy (non-hydrogen) atoms. The molecule has 2 aromatic rings. The number of hydrogen-bond donors (Lipinski definition) is 1. The second-order valence-corrected chi connectivity index (χ2v) is 9.33. The van der Waals surface area contributed by atoms with E-state index in [0.717, 1.165) is 10.4 Å². The van der Waals surface area contributed by atoms with Crippen molar-refractivity contribution >= 4 is 44.6 Å². The van der Waals surface area contributed by atoms with Gasteiger partial charge in [-0.3, -0.25) is 4.79 Å². The molecule has 1 N–H and O–H groups in total. The van der Waals surface area contributed by atoms with Crippen molar-refractivity contribution in [1.29, 1.82) is 0 Å². The van der Waals surface area contributed by atoms with E-state index < -0.39 is 10.0 Å². The van der Waals surface area contributed by atoms with Crippen molar-refractivity contribution in [1.82, 2.24) is 4.31 Å². The van der Waals surface area contributed by atoms with Crippen LogP contribution in [-0.2, 0) is 21.4 Å². The van der Waals surface area contributed by atoms with Crippen molar-refractivity contribution in [3.63, 3.8) is 0 Å². The van der Waals surface area contributed by atoms with Crippen LogP contribution in [0.1, 0.15) is 30.2 Å². The van der Waals surface area contributed by atoms with Crippen LogP contribution in [0.2, 0.25) is 4.34 Å². The van der Waals surface area contributed by atoms with Gasteiger partial charge in [0.2, 0.25) is 15.9 Å². The van der Waals surface area contributed by atoms with E-state index in [1.54, 1.807) is 32.0 Å². The first kappa shape index (κ1) is 17.4. The summed E-state index contributed by atoms with van der Waals surface area (Å²) in [4.78, 5) is 12.8. The number of nitrogens with zero attached hydrogens (tertiary/aromatic N) is 1. The average Bonchev–Trinajstić information content (AvgIpc) is 3.08. The van der Waals surface area contributed by atoms with Gasteiger partial charge in [-0.25, -0.2) is 8.42 Å². The van der Waals surface area contributed by atoms with Crippen molar-refractivity contribution in [2.24, 2.45) is 0 Å². The summed E-state index contributed by atoms with van der Waals surface area (Å²) in [6, 6.07) is 8.38. The van der Waals surface area contributed by atoms with E-state index in [1.165, 1.54) is 21.7 Å². The number of hydrogen-bond acceptors (Lipinski definition) is 4. The summed E-state index contributed by atoms with van der Waals surface area (Å²) in [6.07, 6.45) is 0. The summed E-state index contributed by atoms with van der Waals surface area (Å²) in [5, 5.41) is 2.75. The van der Waals surface area contributed by atoms with Crippen LogP contribution in [-0.4, -0.2) is 25.2 Å². The Morgan fingerprint density at radius 3 is 2.67 bits per heavy atom. The number of halogens is 1. The van der Waals surface area contributed by atoms with E-state index in [0.29, 0.717) is 16.6 Å². The van der Waals surface area contributed by atoms with Crippen LogP contribution in [0.3, 0.4) is 0 Å². The lowest BCUT2D eigenvalue weighted by Crippen LogP contribution is -2.30. The molecule has 0 aliphatic carbocycles. The molecule has 2 heterocycles. The fourth-order valence-electron chi connectivity index (χ4n) is 2.68. The number of benzene rings is 1. The lowest BCUT2D eigenvalue weighted by Gasteiger charge is -2.20. The zero-order valence-electron chi connectivity index (χ0n) is 13.2. The number of amides is 1. The molecule has 0 saturated heterocycles. The highest BCUT2D eigenvalue weighted by Crippen LogP contribution is 2.34. The molecule has 0 unspecified atom stereocenters. The minimum atomic E-state index is -3.64. The Labute approximate surface area is 150 Å². The number of thiophene rings is 1. The molecule has 3 rings (SSSR count). The predicted molar refractivity (Wildman–Crippen MR) is 96.1 cm³/mol. The molecule has 0 bridgehead atoms. The third-order valence-electron chi connectivity index (χ3n) is 4.09. The van der Waals surface area contributed by atoms with E-state index in [9.17, 15) is 13.2 Å². The lowest BCUT2D eigenvalue weighted by atomic mass is 10.0. The summed E-state index contributed by atoms with van der Waals surface area (Å²) in [5.74, 6) is -0.457. The Kier molecular flexibility index (Phi) is 4.70. The smallest absolute Gasteiger partial charge is 0.243 e. The maximum Gasteiger partial charge on any atom is 0.243 e. The zero-order chi connectivity index (χ0) is 17.5. The Morgan fingerprint density at radius 1 is 1.29 bits per heavy atom. The molecule has 0 spiro atoms. The van der Waals surface area contributed by atoms with E-state index in [-0.39, 0.29) is 23.3 Å². The summed E-state index contributed by atoms with van der Waals surface area (Å²) < 4.78 is 28.0. The molecule has 1 aliphatic heterocycles. The fourth-order valence-corrected chi connectivity index (χ4v) is 5.33. The Morgan fingerprint density at radius 2 is 2.04 bits per heavy atom. The molecule has 0 fully saturated rings. The molecule has 8 heteroatoms. The van der Waals surface area contributed by atoms with Gasteiger partial charge >= 0.3 is 0 Å². The molecule has 0 radical (unpaired) electrons. The largest absolute Gasteiger partial charge is 0.325 e. The first-order valence-corrected chi connectivity index (χ1v) is 10.2. The highest BCUT2D eigenvalue weighted by Gasteiger charge is 2.30. The van der Waals surface area contributed by atoms with Gasteiger partial charge in [-0.1, -0.05) is 18.5 Å². The third kappa shape index (κ3) is 3.09. The van der Waals surface area contributed by atoms with Crippen LogP contribution < -0.4 is 5.32 Å². The molecule has 128 valence electrons. The van der Waals surface area contributed by atoms with Crippen LogP contribution in [0, 0.1) is 0 Å². The molecular formula is C16H17ClN2O3S2. The van der Waals surface area contributed by atoms with Gasteiger partial charge in [-0.05, 0) is 42.8 Å². The summed E-state index contributed by atoms with van der Waals surface area (Å²) in [5.41, 5.74) is 1.40. The van der Waals surface area contributed by atoms with Crippen LogP contribution in [0.5, 0.6) is 0 Å². The quantitative estimate of drug-likeness (QED) is 0.855. The average molecular weight is 385 g/mol. The van der Waals surface area contributed by atoms with Crippen LogP contribution in [0.4, 0.5) is 5.69 Å². The van der Waals surface area contributed by atoms with Crippen LogP contribution in [0.25, 0.3) is 0 Å². The first-order chi connectivity index (χ1) is 11.3. The number of carbonyl (C=O) groups is 1. The van der Waals surface area contributed by atoms with Gasteiger partial charge in [-0.2, -0.15) is 4.31 Å². The van der Waals surface area contributed by atoms with Gasteiger partial charge < -0.3 is 5.32 Å². The monoisotopic (exact) mass is 384 g/mol. The second kappa shape index (κ2) is 6.48. The zero-order valence-corrected chi connectivity index (χ0v) is 15.6. The van der Waals surface area contributed by atoms with Gasteiger partial charge in [0.25, 0.3) is 0 Å². The molecule has 1 aliphatic rings. The Balaban J connectivity index is 1.93. The maximum absolute atomic E-state index is 13.0. The number of sulfonamides is 1. The van der Waals surface area contributed by atoms with E-state index in [2.05, 4.69) is 5.32 Å². The topological polar surface area (TPSA) is 66.5 Å². The highest BCUT2D eigenvalue weighted by atomic mass is 35.5. The Hall–Kier alpha value is -1.41. The SMILES string of the molecule is CCN(Cc1ccc(Cl)s1)S(=O)(=O)c1ccc2c(c1)[C@@H](C)C(=O)N2. The van der Waals surface area contributed by atoms with Gasteiger partial charge in [-0.15, -0.1) is 11.3 Å². The molecule has 0 saturated carbocycles. The molecular weight excluding hydrogens is 368 g/mol. The van der Waals surface area contributed by atoms with Crippen molar-refractivity contribution in [2.75, 3.05) is 11.9 Å². The van der Waals surface area contributed by atoms with Crippen molar-refractivity contribution in [3.8, 4) is 0 Å². The van der Waals surface area contributed by atoms with Gasteiger partial charge in [0.15, 0.2) is 0 Å². The summed E-state index contributed by atoms with van der Waals surface area (Å²) in [7, 11) is -3.64. The first-order valence-electron chi connectivity index (χ1n) is 7.52. The number of carbonyl (C=O) groups excluding carboxylic acids is 1. The number of anilines is 1. The number of rotatable bonds is 5. The van der Waals surface area contributed by atoms with Crippen molar-refractivity contribution < 1.29 is 13.2 Å². The molecule has 1 amide bonds. The summed E-state index contributed by atoms with van der Waals surface area (Å²) >= 11 is 7.29. The highest BCUT2D eigenvalue weighted by molar-refractivity contribution is 7.89. The minimum Gasteiger partial charge on any atom is -0.325 e. The third-order valence-corrected chi connectivity index (χ3v) is 7.22. The van der Waals surface area contributed by atoms with Crippen LogP contribution in [0.15, 0.2) is 35.2 Å². The lowest BCUT2D eigenvalue weighted by molar-refractivity contribution is -0.116. The molecule has 1 aromatic carbocycles. The minimum absolute atomic E-state index is 0.111. The fraction of sp³-hybridized carbons (Fsp3) is 0.312. The Bertz CT molecular complexity index is 892. The number of nitrogens with one attached hydrogen (secondary N) is 1. The van der Waals surface area contributed by atoms with Gasteiger partial charge in [0, 0.05) is 23.7 Å². The van der Waals surface area contributed by atoms with E-state index >= 15 is 0 Å². The maximum atomic E-state index is 13.0. The molecule has 1 aromatic heterocycles. The van der Waals surface area contributed by atoms with Crippen molar-refractivity contribution in [3.05, 3.63) is 45.1 Å². The normalized spacial score (nSPS) is 17.2. The van der Waals surface area contributed by atoms with Crippen molar-refractivity contribution in [2.45, 2.75) is 31.2 Å². The standard InChI is InChI=1S/C16H17ClN2O3S2/c1-3-19(9-11-4-7-15(17)23-11)24(21,22)12-5-6-14-13(8-12)10(2)16(20)18-14/h4-8,10H,3,9H2,1-2H3,(H,18,20)/t10-/m1/s1. The molecule has 5 nitrogen and oxygen atoms in total.